The Kier molecular flexibility index (Phi) is 3.38. The van der Waals surface area contributed by atoms with Crippen LogP contribution in [0.1, 0.15) is 11.3 Å². The van der Waals surface area contributed by atoms with Crippen molar-refractivity contribution in [3.05, 3.63) is 66.8 Å². The van der Waals surface area contributed by atoms with Crippen molar-refractivity contribution in [1.82, 2.24) is 24.8 Å². The maximum atomic E-state index is 4.09. The topological polar surface area (TPSA) is 58.5 Å². The van der Waals surface area contributed by atoms with E-state index >= 15 is 0 Å². The lowest BCUT2D eigenvalue weighted by atomic mass is 10.1. The van der Waals surface area contributed by atoms with E-state index in [9.17, 15) is 0 Å². The number of nitrogens with zero attached hydrogens (tertiary/aromatic N) is 3. The Morgan fingerprint density at radius 3 is 2.89 bits per heavy atom. The molecule has 0 spiro atoms. The summed E-state index contributed by atoms with van der Waals surface area (Å²) in [5, 5.41) is 3.40. The maximum Gasteiger partial charge on any atom is 0.0991 e. The SMILES string of the molecule is c1ccc(-n2ccnc2)c(CNCc2cnc[nH]2)c1. The van der Waals surface area contributed by atoms with E-state index < -0.39 is 0 Å². The molecule has 0 atom stereocenters. The van der Waals surface area contributed by atoms with Gasteiger partial charge in [-0.25, -0.2) is 9.97 Å². The smallest absolute Gasteiger partial charge is 0.0991 e. The summed E-state index contributed by atoms with van der Waals surface area (Å²) in [7, 11) is 0. The number of para-hydroxylation sites is 1. The predicted molar refractivity (Wildman–Crippen MR) is 72.7 cm³/mol. The van der Waals surface area contributed by atoms with Gasteiger partial charge >= 0.3 is 0 Å². The Morgan fingerprint density at radius 1 is 1.16 bits per heavy atom. The number of nitrogens with one attached hydrogen (secondary N) is 2. The summed E-state index contributed by atoms with van der Waals surface area (Å²) in [5.74, 6) is 0. The molecule has 5 heteroatoms. The molecule has 0 radical (unpaired) electrons. The van der Waals surface area contributed by atoms with E-state index in [2.05, 4.69) is 32.4 Å². The molecule has 0 unspecified atom stereocenters. The van der Waals surface area contributed by atoms with Crippen LogP contribution in [0.15, 0.2) is 55.5 Å². The van der Waals surface area contributed by atoms with Gasteiger partial charge in [0.15, 0.2) is 0 Å². The Bertz CT molecular complexity index is 613. The van der Waals surface area contributed by atoms with Gasteiger partial charge in [0.25, 0.3) is 0 Å². The first-order valence-corrected chi connectivity index (χ1v) is 6.18. The molecule has 19 heavy (non-hydrogen) atoms. The first-order chi connectivity index (χ1) is 9.43. The Labute approximate surface area is 111 Å². The van der Waals surface area contributed by atoms with Crippen LogP contribution in [0.25, 0.3) is 5.69 Å². The number of hydrogen-bond acceptors (Lipinski definition) is 3. The lowest BCUT2D eigenvalue weighted by Crippen LogP contribution is -2.14. The molecule has 3 rings (SSSR count). The van der Waals surface area contributed by atoms with E-state index in [0.717, 1.165) is 24.5 Å². The highest BCUT2D eigenvalue weighted by Crippen LogP contribution is 2.13. The van der Waals surface area contributed by atoms with Crippen molar-refractivity contribution >= 4 is 0 Å². The average Bonchev–Trinajstić information content (AvgIpc) is 3.12. The molecule has 0 fully saturated rings. The van der Waals surface area contributed by atoms with Gasteiger partial charge in [0, 0.05) is 37.4 Å². The fourth-order valence-corrected chi connectivity index (χ4v) is 2.03. The molecule has 1 aromatic carbocycles. The number of aromatic nitrogens is 4. The van der Waals surface area contributed by atoms with Crippen LogP contribution in [-0.2, 0) is 13.1 Å². The van der Waals surface area contributed by atoms with Gasteiger partial charge < -0.3 is 14.9 Å². The van der Waals surface area contributed by atoms with Gasteiger partial charge in [-0.05, 0) is 11.6 Å². The maximum absolute atomic E-state index is 4.09. The standard InChI is InChI=1S/C14H15N5/c1-2-4-14(19-6-5-15-11-19)12(3-1)7-16-8-13-9-17-10-18-13/h1-6,9-11,16H,7-8H2,(H,17,18). The Balaban J connectivity index is 1.71. The fraction of sp³-hybridized carbons (Fsp3) is 0.143. The van der Waals surface area contributed by atoms with Gasteiger partial charge in [0.1, 0.15) is 0 Å². The second kappa shape index (κ2) is 5.49. The molecular weight excluding hydrogens is 238 g/mol. The Hall–Kier alpha value is -2.40. The largest absolute Gasteiger partial charge is 0.347 e. The van der Waals surface area contributed by atoms with Crippen molar-refractivity contribution in [2.24, 2.45) is 0 Å². The molecule has 0 saturated carbocycles. The second-order valence-electron chi connectivity index (χ2n) is 4.28. The number of H-pyrrole nitrogens is 1. The third kappa shape index (κ3) is 2.71. The highest BCUT2D eigenvalue weighted by molar-refractivity contribution is 5.40. The number of benzene rings is 1. The van der Waals surface area contributed by atoms with Crippen LogP contribution in [0, 0.1) is 0 Å². The molecule has 2 aromatic heterocycles. The summed E-state index contributed by atoms with van der Waals surface area (Å²) in [6, 6.07) is 8.30. The number of imidazole rings is 2. The van der Waals surface area contributed by atoms with Crippen LogP contribution >= 0.6 is 0 Å². The molecular formula is C14H15N5. The normalized spacial score (nSPS) is 10.7. The van der Waals surface area contributed by atoms with Gasteiger partial charge in [0.05, 0.1) is 18.3 Å². The quantitative estimate of drug-likeness (QED) is 0.730. The molecule has 2 heterocycles. The van der Waals surface area contributed by atoms with E-state index in [1.165, 1.54) is 5.56 Å². The van der Waals surface area contributed by atoms with E-state index in [-0.39, 0.29) is 0 Å². The summed E-state index contributed by atoms with van der Waals surface area (Å²) >= 11 is 0. The molecule has 2 N–H and O–H groups in total. The van der Waals surface area contributed by atoms with Gasteiger partial charge in [-0.1, -0.05) is 18.2 Å². The third-order valence-electron chi connectivity index (χ3n) is 2.96. The second-order valence-corrected chi connectivity index (χ2v) is 4.28. The zero-order valence-electron chi connectivity index (χ0n) is 10.5. The predicted octanol–water partition coefficient (Wildman–Crippen LogP) is 1.89. The van der Waals surface area contributed by atoms with Crippen molar-refractivity contribution in [3.8, 4) is 5.69 Å². The number of rotatable bonds is 5. The highest BCUT2D eigenvalue weighted by Gasteiger charge is 2.03. The van der Waals surface area contributed by atoms with Gasteiger partial charge in [-0.3, -0.25) is 0 Å². The molecule has 0 bridgehead atoms. The van der Waals surface area contributed by atoms with E-state index in [1.54, 1.807) is 12.5 Å². The monoisotopic (exact) mass is 253 g/mol. The zero-order chi connectivity index (χ0) is 12.9. The van der Waals surface area contributed by atoms with E-state index in [1.807, 2.05) is 35.4 Å². The van der Waals surface area contributed by atoms with Crippen LogP contribution in [0.4, 0.5) is 0 Å². The molecule has 96 valence electrons. The van der Waals surface area contributed by atoms with Crippen molar-refractivity contribution in [2.45, 2.75) is 13.1 Å². The van der Waals surface area contributed by atoms with Gasteiger partial charge in [0.2, 0.25) is 0 Å². The van der Waals surface area contributed by atoms with Crippen LogP contribution in [0.5, 0.6) is 0 Å². The van der Waals surface area contributed by atoms with Crippen LogP contribution in [0.3, 0.4) is 0 Å². The minimum Gasteiger partial charge on any atom is -0.347 e. The Morgan fingerprint density at radius 2 is 2.11 bits per heavy atom. The highest BCUT2D eigenvalue weighted by atomic mass is 15.0. The average molecular weight is 253 g/mol. The van der Waals surface area contributed by atoms with Crippen molar-refractivity contribution in [3.63, 3.8) is 0 Å². The van der Waals surface area contributed by atoms with Gasteiger partial charge in [-0.15, -0.1) is 0 Å². The summed E-state index contributed by atoms with van der Waals surface area (Å²) in [6.07, 6.45) is 9.07. The lowest BCUT2D eigenvalue weighted by molar-refractivity contribution is 0.679. The summed E-state index contributed by atoms with van der Waals surface area (Å²) in [6.45, 7) is 1.58. The minimum absolute atomic E-state index is 0.776. The molecule has 0 aliphatic carbocycles. The summed E-state index contributed by atoms with van der Waals surface area (Å²) in [5.41, 5.74) is 3.47. The van der Waals surface area contributed by atoms with Gasteiger partial charge in [-0.2, -0.15) is 0 Å². The van der Waals surface area contributed by atoms with E-state index in [0.29, 0.717) is 0 Å². The summed E-state index contributed by atoms with van der Waals surface area (Å²) in [4.78, 5) is 11.2. The fourth-order valence-electron chi connectivity index (χ4n) is 2.03. The number of aromatic amines is 1. The molecule has 0 amide bonds. The summed E-state index contributed by atoms with van der Waals surface area (Å²) < 4.78 is 2.02. The number of hydrogen-bond donors (Lipinski definition) is 2. The molecule has 0 aliphatic rings. The first-order valence-electron chi connectivity index (χ1n) is 6.18. The molecule has 3 aromatic rings. The third-order valence-corrected chi connectivity index (χ3v) is 2.96. The van der Waals surface area contributed by atoms with E-state index in [4.69, 9.17) is 0 Å². The molecule has 0 aliphatic heterocycles. The molecule has 5 nitrogen and oxygen atoms in total. The van der Waals surface area contributed by atoms with Crippen molar-refractivity contribution in [1.29, 1.82) is 0 Å². The van der Waals surface area contributed by atoms with Crippen molar-refractivity contribution in [2.75, 3.05) is 0 Å². The van der Waals surface area contributed by atoms with Crippen LogP contribution in [-0.4, -0.2) is 19.5 Å². The van der Waals surface area contributed by atoms with Crippen molar-refractivity contribution < 1.29 is 0 Å². The lowest BCUT2D eigenvalue weighted by Gasteiger charge is -2.10. The van der Waals surface area contributed by atoms with Crippen LogP contribution in [0.2, 0.25) is 0 Å². The zero-order valence-corrected chi connectivity index (χ0v) is 10.5. The van der Waals surface area contributed by atoms with Crippen LogP contribution < -0.4 is 5.32 Å². The molecule has 0 saturated heterocycles. The minimum atomic E-state index is 0.776. The first kappa shape index (κ1) is 11.7.